The molecule has 1 aliphatic carbocycles. The lowest BCUT2D eigenvalue weighted by atomic mass is 10.1. The number of hydrogen-bond acceptors (Lipinski definition) is 4. The Morgan fingerprint density at radius 2 is 1.91 bits per heavy atom. The maximum Gasteiger partial charge on any atom is 0.0642 e. The fourth-order valence-electron chi connectivity index (χ4n) is 3.23. The van der Waals surface area contributed by atoms with E-state index in [1.54, 1.807) is 0 Å². The second-order valence-corrected chi connectivity index (χ2v) is 6.36. The fourth-order valence-corrected chi connectivity index (χ4v) is 3.23. The van der Waals surface area contributed by atoms with E-state index in [1.807, 2.05) is 0 Å². The number of morpholine rings is 1. The van der Waals surface area contributed by atoms with Crippen LogP contribution in [0.4, 0.5) is 5.69 Å². The summed E-state index contributed by atoms with van der Waals surface area (Å²) in [5.74, 6) is 0. The quantitative estimate of drug-likeness (QED) is 0.747. The Balaban J connectivity index is 1.67. The summed E-state index contributed by atoms with van der Waals surface area (Å²) < 4.78 is 5.48. The number of rotatable bonds is 8. The Hall–Kier alpha value is -1.10. The lowest BCUT2D eigenvalue weighted by Gasteiger charge is -2.32. The Labute approximate surface area is 133 Å². The first-order valence-electron chi connectivity index (χ1n) is 8.64. The average Bonchev–Trinajstić information content (AvgIpc) is 3.40. The third-order valence-electron chi connectivity index (χ3n) is 4.63. The van der Waals surface area contributed by atoms with Gasteiger partial charge in [-0.1, -0.05) is 18.2 Å². The smallest absolute Gasteiger partial charge is 0.0642 e. The van der Waals surface area contributed by atoms with Gasteiger partial charge in [0, 0.05) is 38.0 Å². The zero-order valence-electron chi connectivity index (χ0n) is 13.4. The van der Waals surface area contributed by atoms with Gasteiger partial charge in [0.15, 0.2) is 0 Å². The summed E-state index contributed by atoms with van der Waals surface area (Å²) in [7, 11) is 0. The lowest BCUT2D eigenvalue weighted by Crippen LogP contribution is -2.37. The molecule has 1 aliphatic heterocycles. The first-order chi connectivity index (χ1) is 10.9. The van der Waals surface area contributed by atoms with E-state index in [9.17, 15) is 0 Å². The molecule has 0 amide bonds. The SMILES string of the molecule is OCCCCN(Cc1ccccc1N1CCOCC1)C1CC1. The van der Waals surface area contributed by atoms with Crippen LogP contribution in [0.5, 0.6) is 0 Å². The normalized spacial score (nSPS) is 18.9. The molecule has 1 saturated carbocycles. The van der Waals surface area contributed by atoms with Crippen molar-refractivity contribution in [3.05, 3.63) is 29.8 Å². The standard InChI is InChI=1S/C18H28N2O2/c21-12-4-3-9-20(17-7-8-17)15-16-5-1-2-6-18(16)19-10-13-22-14-11-19/h1-2,5-6,17,21H,3-4,7-15H2. The van der Waals surface area contributed by atoms with Crippen LogP contribution in [0.1, 0.15) is 31.2 Å². The number of para-hydroxylation sites is 1. The minimum atomic E-state index is 0.308. The fraction of sp³-hybridized carbons (Fsp3) is 0.667. The van der Waals surface area contributed by atoms with Crippen molar-refractivity contribution >= 4 is 5.69 Å². The average molecular weight is 304 g/mol. The summed E-state index contributed by atoms with van der Waals surface area (Å²) in [6.07, 6.45) is 4.67. The Bertz CT molecular complexity index is 456. The van der Waals surface area contributed by atoms with Crippen molar-refractivity contribution in [3.63, 3.8) is 0 Å². The third-order valence-corrected chi connectivity index (χ3v) is 4.63. The molecule has 2 aliphatic rings. The van der Waals surface area contributed by atoms with Crippen molar-refractivity contribution in [3.8, 4) is 0 Å². The van der Waals surface area contributed by atoms with Crippen LogP contribution in [0.15, 0.2) is 24.3 Å². The molecular formula is C18H28N2O2. The summed E-state index contributed by atoms with van der Waals surface area (Å²) in [6.45, 7) is 6.08. The van der Waals surface area contributed by atoms with E-state index in [4.69, 9.17) is 9.84 Å². The second-order valence-electron chi connectivity index (χ2n) is 6.36. The van der Waals surface area contributed by atoms with Crippen LogP contribution in [0.3, 0.4) is 0 Å². The van der Waals surface area contributed by atoms with Crippen LogP contribution in [-0.2, 0) is 11.3 Å². The van der Waals surface area contributed by atoms with Gasteiger partial charge in [0.2, 0.25) is 0 Å². The van der Waals surface area contributed by atoms with Gasteiger partial charge in [0.05, 0.1) is 13.2 Å². The van der Waals surface area contributed by atoms with E-state index >= 15 is 0 Å². The van der Waals surface area contributed by atoms with Crippen molar-refractivity contribution in [2.75, 3.05) is 44.4 Å². The Kier molecular flexibility index (Phi) is 5.70. The largest absolute Gasteiger partial charge is 0.396 e. The first-order valence-corrected chi connectivity index (χ1v) is 8.64. The molecule has 2 fully saturated rings. The van der Waals surface area contributed by atoms with Crippen LogP contribution in [0.2, 0.25) is 0 Å². The molecule has 0 aromatic heterocycles. The molecule has 4 nitrogen and oxygen atoms in total. The van der Waals surface area contributed by atoms with Gasteiger partial charge in [-0.3, -0.25) is 4.90 Å². The van der Waals surface area contributed by atoms with Crippen LogP contribution in [-0.4, -0.2) is 55.5 Å². The molecule has 1 saturated heterocycles. The molecule has 22 heavy (non-hydrogen) atoms. The molecule has 0 radical (unpaired) electrons. The summed E-state index contributed by atoms with van der Waals surface area (Å²) in [5.41, 5.74) is 2.80. The highest BCUT2D eigenvalue weighted by Crippen LogP contribution is 2.31. The molecule has 1 aromatic carbocycles. The zero-order chi connectivity index (χ0) is 15.2. The highest BCUT2D eigenvalue weighted by molar-refractivity contribution is 5.54. The molecule has 1 N–H and O–H groups in total. The van der Waals surface area contributed by atoms with E-state index < -0.39 is 0 Å². The van der Waals surface area contributed by atoms with Crippen molar-refractivity contribution in [1.29, 1.82) is 0 Å². The van der Waals surface area contributed by atoms with Gasteiger partial charge in [-0.2, -0.15) is 0 Å². The van der Waals surface area contributed by atoms with Gasteiger partial charge in [-0.25, -0.2) is 0 Å². The molecule has 122 valence electrons. The molecule has 0 spiro atoms. The van der Waals surface area contributed by atoms with Crippen molar-refractivity contribution in [1.82, 2.24) is 4.90 Å². The number of hydrogen-bond donors (Lipinski definition) is 1. The highest BCUT2D eigenvalue weighted by Gasteiger charge is 2.29. The van der Waals surface area contributed by atoms with Crippen LogP contribution >= 0.6 is 0 Å². The van der Waals surface area contributed by atoms with E-state index in [2.05, 4.69) is 34.1 Å². The van der Waals surface area contributed by atoms with Crippen LogP contribution < -0.4 is 4.90 Å². The third kappa shape index (κ3) is 4.22. The Morgan fingerprint density at radius 1 is 1.14 bits per heavy atom. The number of ether oxygens (including phenoxy) is 1. The summed E-state index contributed by atoms with van der Waals surface area (Å²) >= 11 is 0. The summed E-state index contributed by atoms with van der Waals surface area (Å²) in [4.78, 5) is 5.06. The maximum absolute atomic E-state index is 9.00. The topological polar surface area (TPSA) is 35.9 Å². The molecule has 4 heteroatoms. The second kappa shape index (κ2) is 7.95. The summed E-state index contributed by atoms with van der Waals surface area (Å²) in [6, 6.07) is 9.57. The van der Waals surface area contributed by atoms with Crippen molar-refractivity contribution < 1.29 is 9.84 Å². The molecule has 0 bridgehead atoms. The number of benzene rings is 1. The van der Waals surface area contributed by atoms with Gasteiger partial charge in [0.1, 0.15) is 0 Å². The number of anilines is 1. The lowest BCUT2D eigenvalue weighted by molar-refractivity contribution is 0.122. The molecular weight excluding hydrogens is 276 g/mol. The zero-order valence-corrected chi connectivity index (χ0v) is 13.4. The van der Waals surface area contributed by atoms with Crippen molar-refractivity contribution in [2.45, 2.75) is 38.3 Å². The van der Waals surface area contributed by atoms with Gasteiger partial charge >= 0.3 is 0 Å². The van der Waals surface area contributed by atoms with Crippen molar-refractivity contribution in [2.24, 2.45) is 0 Å². The van der Waals surface area contributed by atoms with Gasteiger partial charge < -0.3 is 14.7 Å². The molecule has 0 atom stereocenters. The molecule has 0 unspecified atom stereocenters. The first kappa shape index (κ1) is 15.8. The predicted octanol–water partition coefficient (Wildman–Crippen LogP) is 2.26. The minimum absolute atomic E-state index is 0.308. The van der Waals surface area contributed by atoms with E-state index in [0.717, 1.165) is 58.3 Å². The number of unbranched alkanes of at least 4 members (excludes halogenated alkanes) is 1. The minimum Gasteiger partial charge on any atom is -0.396 e. The highest BCUT2D eigenvalue weighted by atomic mass is 16.5. The van der Waals surface area contributed by atoms with Gasteiger partial charge in [-0.15, -0.1) is 0 Å². The van der Waals surface area contributed by atoms with Crippen LogP contribution in [0.25, 0.3) is 0 Å². The van der Waals surface area contributed by atoms with E-state index in [0.29, 0.717) is 6.61 Å². The molecule has 1 heterocycles. The monoisotopic (exact) mass is 304 g/mol. The maximum atomic E-state index is 9.00. The Morgan fingerprint density at radius 3 is 2.64 bits per heavy atom. The number of aliphatic hydroxyl groups excluding tert-OH is 1. The van der Waals surface area contributed by atoms with E-state index in [-0.39, 0.29) is 0 Å². The van der Waals surface area contributed by atoms with Gasteiger partial charge in [0.25, 0.3) is 0 Å². The number of aliphatic hydroxyl groups is 1. The predicted molar refractivity (Wildman–Crippen MR) is 89.2 cm³/mol. The summed E-state index contributed by atoms with van der Waals surface area (Å²) in [5, 5.41) is 9.00. The number of nitrogens with zero attached hydrogens (tertiary/aromatic N) is 2. The molecule has 3 rings (SSSR count). The van der Waals surface area contributed by atoms with Gasteiger partial charge in [-0.05, 0) is 43.9 Å². The molecule has 1 aromatic rings. The van der Waals surface area contributed by atoms with E-state index in [1.165, 1.54) is 24.1 Å². The van der Waals surface area contributed by atoms with Crippen LogP contribution in [0, 0.1) is 0 Å².